The number of nitrogens with two attached hydrogens (primary N) is 1. The summed E-state index contributed by atoms with van der Waals surface area (Å²) in [6.45, 7) is 1.64. The first kappa shape index (κ1) is 13.7. The van der Waals surface area contributed by atoms with E-state index in [0.717, 1.165) is 43.8 Å². The minimum absolute atomic E-state index is 0.0445. The molecule has 2 aliphatic rings. The quantitative estimate of drug-likeness (QED) is 0.778. The second-order valence-corrected chi connectivity index (χ2v) is 6.56. The van der Waals surface area contributed by atoms with E-state index in [1.165, 1.54) is 17.8 Å². The molecule has 3 rings (SSSR count). The van der Waals surface area contributed by atoms with E-state index in [2.05, 4.69) is 10.6 Å². The molecule has 1 aromatic heterocycles. The summed E-state index contributed by atoms with van der Waals surface area (Å²) in [7, 11) is 0. The van der Waals surface area contributed by atoms with E-state index in [1.54, 1.807) is 0 Å². The Labute approximate surface area is 122 Å². The molecule has 1 amide bonds. The number of nitrogens with one attached hydrogen (secondary N) is 2. The van der Waals surface area contributed by atoms with Gasteiger partial charge < -0.3 is 21.1 Å². The Morgan fingerprint density at radius 2 is 2.25 bits per heavy atom. The number of thiophene rings is 1. The van der Waals surface area contributed by atoms with Gasteiger partial charge in [0.15, 0.2) is 0 Å². The molecule has 5 nitrogen and oxygen atoms in total. The largest absolute Gasteiger partial charge is 0.397 e. The first-order valence-electron chi connectivity index (χ1n) is 7.28. The SMILES string of the molecule is Nc1cc(NCC2CCCCO2)sc1C(=O)NC1CC1. The van der Waals surface area contributed by atoms with Crippen LogP contribution in [0.5, 0.6) is 0 Å². The van der Waals surface area contributed by atoms with E-state index in [-0.39, 0.29) is 12.0 Å². The van der Waals surface area contributed by atoms with Crippen LogP contribution in [-0.2, 0) is 4.74 Å². The molecule has 1 saturated heterocycles. The highest BCUT2D eigenvalue weighted by molar-refractivity contribution is 7.18. The van der Waals surface area contributed by atoms with E-state index < -0.39 is 0 Å². The Morgan fingerprint density at radius 3 is 2.95 bits per heavy atom. The van der Waals surface area contributed by atoms with E-state index in [1.807, 2.05) is 6.07 Å². The molecule has 1 atom stereocenters. The number of amides is 1. The highest BCUT2D eigenvalue weighted by atomic mass is 32.1. The maximum atomic E-state index is 12.0. The predicted molar refractivity (Wildman–Crippen MR) is 81.3 cm³/mol. The molecule has 2 fully saturated rings. The summed E-state index contributed by atoms with van der Waals surface area (Å²) in [5, 5.41) is 7.24. The highest BCUT2D eigenvalue weighted by Crippen LogP contribution is 2.30. The van der Waals surface area contributed by atoms with Crippen molar-refractivity contribution in [2.45, 2.75) is 44.2 Å². The van der Waals surface area contributed by atoms with Gasteiger partial charge in [0.25, 0.3) is 5.91 Å². The maximum absolute atomic E-state index is 12.0. The third-order valence-electron chi connectivity index (χ3n) is 3.66. The standard InChI is InChI=1S/C14H21N3O2S/c15-11-7-12(16-8-10-3-1-2-6-19-10)20-13(11)14(18)17-9-4-5-9/h7,9-10,16H,1-6,8,15H2,(H,17,18). The van der Waals surface area contributed by atoms with Crippen LogP contribution in [0.4, 0.5) is 10.7 Å². The van der Waals surface area contributed by atoms with E-state index in [0.29, 0.717) is 16.6 Å². The van der Waals surface area contributed by atoms with Crippen LogP contribution >= 0.6 is 11.3 Å². The fourth-order valence-corrected chi connectivity index (χ4v) is 3.22. The first-order chi connectivity index (χ1) is 9.72. The summed E-state index contributed by atoms with van der Waals surface area (Å²) >= 11 is 1.42. The summed E-state index contributed by atoms with van der Waals surface area (Å²) < 4.78 is 5.68. The van der Waals surface area contributed by atoms with Crippen LogP contribution in [0.2, 0.25) is 0 Å². The van der Waals surface area contributed by atoms with Crippen LogP contribution < -0.4 is 16.4 Å². The molecule has 1 unspecified atom stereocenters. The number of rotatable bonds is 5. The third kappa shape index (κ3) is 3.43. The normalized spacial score (nSPS) is 22.5. The zero-order valence-corrected chi connectivity index (χ0v) is 12.3. The summed E-state index contributed by atoms with van der Waals surface area (Å²) in [6, 6.07) is 2.20. The summed E-state index contributed by atoms with van der Waals surface area (Å²) in [6.07, 6.45) is 5.93. The lowest BCUT2D eigenvalue weighted by molar-refractivity contribution is 0.0248. The molecule has 1 aliphatic heterocycles. The van der Waals surface area contributed by atoms with Crippen LogP contribution in [0.25, 0.3) is 0 Å². The lowest BCUT2D eigenvalue weighted by Gasteiger charge is -2.22. The van der Waals surface area contributed by atoms with Gasteiger partial charge in [0.2, 0.25) is 0 Å². The van der Waals surface area contributed by atoms with Crippen molar-refractivity contribution < 1.29 is 9.53 Å². The molecule has 1 saturated carbocycles. The number of hydrogen-bond acceptors (Lipinski definition) is 5. The Bertz CT molecular complexity index is 479. The number of carbonyl (C=O) groups is 1. The third-order valence-corrected chi connectivity index (χ3v) is 4.76. The van der Waals surface area contributed by atoms with E-state index in [9.17, 15) is 4.79 Å². The van der Waals surface area contributed by atoms with Gasteiger partial charge in [0.1, 0.15) is 4.88 Å². The fraction of sp³-hybridized carbons (Fsp3) is 0.643. The maximum Gasteiger partial charge on any atom is 0.263 e. The molecule has 0 bridgehead atoms. The molecule has 6 heteroatoms. The van der Waals surface area contributed by atoms with Gasteiger partial charge >= 0.3 is 0 Å². The van der Waals surface area contributed by atoms with Crippen LogP contribution in [0.1, 0.15) is 41.8 Å². The van der Waals surface area contributed by atoms with Gasteiger partial charge in [-0.25, -0.2) is 0 Å². The average molecular weight is 295 g/mol. The molecule has 0 spiro atoms. The van der Waals surface area contributed by atoms with Gasteiger partial charge in [-0.15, -0.1) is 11.3 Å². The van der Waals surface area contributed by atoms with Crippen molar-refractivity contribution in [3.63, 3.8) is 0 Å². The Kier molecular flexibility index (Phi) is 4.12. The number of ether oxygens (including phenoxy) is 1. The summed E-state index contributed by atoms with van der Waals surface area (Å²) in [5.41, 5.74) is 6.48. The van der Waals surface area contributed by atoms with Crippen molar-refractivity contribution in [2.75, 3.05) is 24.2 Å². The molecule has 2 heterocycles. The monoisotopic (exact) mass is 295 g/mol. The molecule has 4 N–H and O–H groups in total. The summed E-state index contributed by atoms with van der Waals surface area (Å²) in [5.74, 6) is -0.0445. The van der Waals surface area contributed by atoms with Crippen molar-refractivity contribution in [1.82, 2.24) is 5.32 Å². The second kappa shape index (κ2) is 6.01. The summed E-state index contributed by atoms with van der Waals surface area (Å²) in [4.78, 5) is 12.6. The van der Waals surface area contributed by atoms with Crippen LogP contribution in [0, 0.1) is 0 Å². The molecule has 110 valence electrons. The van der Waals surface area contributed by atoms with Crippen molar-refractivity contribution in [3.8, 4) is 0 Å². The lowest BCUT2D eigenvalue weighted by Crippen LogP contribution is -2.26. The van der Waals surface area contributed by atoms with Crippen LogP contribution in [0.3, 0.4) is 0 Å². The average Bonchev–Trinajstić information content (AvgIpc) is 3.18. The zero-order chi connectivity index (χ0) is 13.9. The molecular formula is C14H21N3O2S. The molecule has 0 radical (unpaired) electrons. The zero-order valence-electron chi connectivity index (χ0n) is 11.5. The molecule has 0 aromatic carbocycles. The number of anilines is 2. The van der Waals surface area contributed by atoms with Gasteiger partial charge in [-0.3, -0.25) is 4.79 Å². The van der Waals surface area contributed by atoms with E-state index in [4.69, 9.17) is 10.5 Å². The van der Waals surface area contributed by atoms with Crippen LogP contribution in [-0.4, -0.2) is 31.2 Å². The smallest absolute Gasteiger partial charge is 0.263 e. The second-order valence-electron chi connectivity index (χ2n) is 5.51. The minimum Gasteiger partial charge on any atom is -0.397 e. The fourth-order valence-electron chi connectivity index (χ4n) is 2.33. The topological polar surface area (TPSA) is 76.4 Å². The lowest BCUT2D eigenvalue weighted by atomic mass is 10.1. The van der Waals surface area contributed by atoms with Gasteiger partial charge in [-0.1, -0.05) is 0 Å². The first-order valence-corrected chi connectivity index (χ1v) is 8.09. The molecule has 20 heavy (non-hydrogen) atoms. The molecular weight excluding hydrogens is 274 g/mol. The number of hydrogen-bond donors (Lipinski definition) is 3. The number of nitrogen functional groups attached to an aromatic ring is 1. The van der Waals surface area contributed by atoms with Crippen molar-refractivity contribution in [3.05, 3.63) is 10.9 Å². The Hall–Kier alpha value is -1.27. The van der Waals surface area contributed by atoms with E-state index >= 15 is 0 Å². The number of carbonyl (C=O) groups excluding carboxylic acids is 1. The van der Waals surface area contributed by atoms with Crippen molar-refractivity contribution in [1.29, 1.82) is 0 Å². The van der Waals surface area contributed by atoms with Gasteiger partial charge in [-0.2, -0.15) is 0 Å². The predicted octanol–water partition coefficient (Wildman–Crippen LogP) is 2.20. The minimum atomic E-state index is -0.0445. The molecule has 1 aromatic rings. The highest BCUT2D eigenvalue weighted by Gasteiger charge is 2.25. The Balaban J connectivity index is 1.55. The van der Waals surface area contributed by atoms with Gasteiger partial charge in [0, 0.05) is 19.2 Å². The Morgan fingerprint density at radius 1 is 1.40 bits per heavy atom. The van der Waals surface area contributed by atoms with Crippen LogP contribution in [0.15, 0.2) is 6.07 Å². The van der Waals surface area contributed by atoms with Gasteiger partial charge in [-0.05, 0) is 38.2 Å². The molecule has 1 aliphatic carbocycles. The van der Waals surface area contributed by atoms with Crippen molar-refractivity contribution >= 4 is 27.9 Å². The van der Waals surface area contributed by atoms with Gasteiger partial charge in [0.05, 0.1) is 16.8 Å². The van der Waals surface area contributed by atoms with Crippen molar-refractivity contribution in [2.24, 2.45) is 0 Å².